The molecule has 5 heteroatoms. The molecule has 2 atom stereocenters. The van der Waals surface area contributed by atoms with E-state index in [2.05, 4.69) is 10.6 Å². The molecule has 22 heavy (non-hydrogen) atoms. The van der Waals surface area contributed by atoms with E-state index < -0.39 is 11.5 Å². The summed E-state index contributed by atoms with van der Waals surface area (Å²) in [6, 6.07) is -0.522. The van der Waals surface area contributed by atoms with Crippen LogP contribution in [0.5, 0.6) is 0 Å². The monoisotopic (exact) mass is 306 g/mol. The van der Waals surface area contributed by atoms with Crippen LogP contribution >= 0.6 is 0 Å². The first kappa shape index (κ1) is 18.1. The highest BCUT2D eigenvalue weighted by molar-refractivity contribution is 5.86. The van der Waals surface area contributed by atoms with E-state index in [1.54, 1.807) is 0 Å². The van der Waals surface area contributed by atoms with Gasteiger partial charge in [-0.3, -0.25) is 9.59 Å². The largest absolute Gasteiger partial charge is 0.354 e. The summed E-state index contributed by atoms with van der Waals surface area (Å²) in [6.07, 6.45) is 10.3. The number of carbonyl (C=O) groups excluding carboxylic acids is 3. The fraction of sp³-hybridized carbons (Fsp3) is 0.588. The molecule has 0 bridgehead atoms. The van der Waals surface area contributed by atoms with Gasteiger partial charge in [-0.25, -0.2) is 0 Å². The van der Waals surface area contributed by atoms with E-state index in [4.69, 9.17) is 0 Å². The van der Waals surface area contributed by atoms with Gasteiger partial charge in [0.05, 0.1) is 0 Å². The summed E-state index contributed by atoms with van der Waals surface area (Å²) in [5, 5.41) is 5.51. The van der Waals surface area contributed by atoms with E-state index in [0.29, 0.717) is 31.7 Å². The van der Waals surface area contributed by atoms with Crippen molar-refractivity contribution in [3.05, 3.63) is 24.3 Å². The summed E-state index contributed by atoms with van der Waals surface area (Å²) >= 11 is 0. The Bertz CT molecular complexity index is 469. The Morgan fingerprint density at radius 2 is 2.05 bits per heavy atom. The lowest BCUT2D eigenvalue weighted by atomic mass is 9.80. The summed E-state index contributed by atoms with van der Waals surface area (Å²) < 4.78 is 0. The third-order valence-electron chi connectivity index (χ3n) is 3.70. The molecule has 1 unspecified atom stereocenters. The summed E-state index contributed by atoms with van der Waals surface area (Å²) in [4.78, 5) is 34.7. The summed E-state index contributed by atoms with van der Waals surface area (Å²) in [5.74, 6) is -0.110. The van der Waals surface area contributed by atoms with E-state index in [1.807, 2.05) is 38.2 Å². The van der Waals surface area contributed by atoms with Crippen molar-refractivity contribution in [3.63, 3.8) is 0 Å². The van der Waals surface area contributed by atoms with Gasteiger partial charge in [-0.1, -0.05) is 38.2 Å². The van der Waals surface area contributed by atoms with Crippen molar-refractivity contribution in [1.82, 2.24) is 10.6 Å². The zero-order valence-corrected chi connectivity index (χ0v) is 13.6. The van der Waals surface area contributed by atoms with Crippen LogP contribution in [0.4, 0.5) is 0 Å². The predicted molar refractivity (Wildman–Crippen MR) is 86.1 cm³/mol. The first-order valence-corrected chi connectivity index (χ1v) is 7.74. The van der Waals surface area contributed by atoms with Crippen molar-refractivity contribution >= 4 is 18.1 Å². The molecule has 2 amide bonds. The Morgan fingerprint density at radius 3 is 2.55 bits per heavy atom. The lowest BCUT2D eigenvalue weighted by Crippen LogP contribution is -2.47. The van der Waals surface area contributed by atoms with E-state index >= 15 is 0 Å². The Balaban J connectivity index is 2.51. The highest BCUT2D eigenvalue weighted by Gasteiger charge is 2.27. The fourth-order valence-corrected chi connectivity index (χ4v) is 2.50. The zero-order valence-electron chi connectivity index (χ0n) is 13.6. The quantitative estimate of drug-likeness (QED) is 0.671. The molecule has 5 nitrogen and oxygen atoms in total. The van der Waals surface area contributed by atoms with Gasteiger partial charge in [0.25, 0.3) is 0 Å². The molecule has 0 radical (unpaired) electrons. The number of rotatable bonds is 8. The number of hydrogen-bond donors (Lipinski definition) is 2. The minimum Gasteiger partial charge on any atom is -0.354 e. The van der Waals surface area contributed by atoms with Gasteiger partial charge in [0.2, 0.25) is 11.8 Å². The maximum atomic E-state index is 12.2. The molecule has 0 fully saturated rings. The maximum Gasteiger partial charge on any atom is 0.242 e. The first-order valence-electron chi connectivity index (χ1n) is 7.74. The molecule has 122 valence electrons. The van der Waals surface area contributed by atoms with E-state index in [0.717, 1.165) is 6.29 Å². The molecule has 0 aromatic rings. The molecular weight excluding hydrogens is 280 g/mol. The predicted octanol–water partition coefficient (Wildman–Crippen LogP) is 1.74. The molecule has 0 heterocycles. The summed E-state index contributed by atoms with van der Waals surface area (Å²) in [7, 11) is 0. The normalized spacial score (nSPS) is 21.5. The van der Waals surface area contributed by atoms with Crippen LogP contribution in [-0.4, -0.2) is 30.7 Å². The molecule has 2 N–H and O–H groups in total. The van der Waals surface area contributed by atoms with Crippen LogP contribution in [0.25, 0.3) is 0 Å². The molecule has 0 aromatic heterocycles. The topological polar surface area (TPSA) is 75.3 Å². The average molecular weight is 306 g/mol. The van der Waals surface area contributed by atoms with Crippen molar-refractivity contribution < 1.29 is 14.4 Å². The summed E-state index contributed by atoms with van der Waals surface area (Å²) in [5.41, 5.74) is -0.524. The van der Waals surface area contributed by atoms with Crippen LogP contribution in [0.1, 0.15) is 40.0 Å². The number of amides is 2. The van der Waals surface area contributed by atoms with Crippen LogP contribution in [0.2, 0.25) is 0 Å². The van der Waals surface area contributed by atoms with Gasteiger partial charge in [0.1, 0.15) is 12.3 Å². The average Bonchev–Trinajstić information content (AvgIpc) is 2.46. The first-order chi connectivity index (χ1) is 10.4. The highest BCUT2D eigenvalue weighted by atomic mass is 16.2. The van der Waals surface area contributed by atoms with Crippen molar-refractivity contribution in [1.29, 1.82) is 0 Å². The van der Waals surface area contributed by atoms with Gasteiger partial charge in [-0.05, 0) is 25.2 Å². The van der Waals surface area contributed by atoms with Gasteiger partial charge < -0.3 is 15.4 Å². The minimum atomic E-state index is -0.524. The van der Waals surface area contributed by atoms with Crippen LogP contribution in [0.15, 0.2) is 24.3 Å². The van der Waals surface area contributed by atoms with Crippen LogP contribution in [-0.2, 0) is 14.4 Å². The van der Waals surface area contributed by atoms with Crippen molar-refractivity contribution in [2.24, 2.45) is 11.3 Å². The number of hydrogen-bond acceptors (Lipinski definition) is 3. The second-order valence-corrected chi connectivity index (χ2v) is 6.27. The third-order valence-corrected chi connectivity index (χ3v) is 3.70. The second kappa shape index (κ2) is 8.51. The Kier molecular flexibility index (Phi) is 7.02. The Morgan fingerprint density at radius 1 is 1.32 bits per heavy atom. The number of aldehydes is 1. The molecule has 0 saturated heterocycles. The van der Waals surface area contributed by atoms with Crippen molar-refractivity contribution in [2.45, 2.75) is 46.1 Å². The van der Waals surface area contributed by atoms with Gasteiger partial charge in [-0.2, -0.15) is 0 Å². The molecule has 1 rings (SSSR count). The van der Waals surface area contributed by atoms with E-state index in [9.17, 15) is 14.4 Å². The van der Waals surface area contributed by atoms with Crippen LogP contribution < -0.4 is 10.6 Å². The van der Waals surface area contributed by atoms with Crippen molar-refractivity contribution in [3.8, 4) is 0 Å². The number of carbonyl (C=O) groups is 3. The van der Waals surface area contributed by atoms with E-state index in [1.165, 1.54) is 6.92 Å². The van der Waals surface area contributed by atoms with Gasteiger partial charge in [-0.15, -0.1) is 0 Å². The molecule has 1 aliphatic carbocycles. The zero-order chi connectivity index (χ0) is 16.6. The maximum absolute atomic E-state index is 12.2. The summed E-state index contributed by atoms with van der Waals surface area (Å²) in [6.45, 7) is 5.82. The third kappa shape index (κ3) is 5.84. The minimum absolute atomic E-state index is 0.194. The van der Waals surface area contributed by atoms with Gasteiger partial charge in [0, 0.05) is 18.9 Å². The molecule has 0 spiro atoms. The fourth-order valence-electron chi connectivity index (χ4n) is 2.50. The lowest BCUT2D eigenvalue weighted by molar-refractivity contribution is -0.128. The standard InChI is InChI=1S/C17H26N2O3/c1-13(2)11-15(19-14(3)21)16(22)18-10-9-17(12-20)7-5-4-6-8-17/h4-7,12-13,15H,8-11H2,1-3H3,(H,18,22)(H,19,21)/t15-,17?/m0/s1. The molecule has 0 aromatic carbocycles. The molecule has 0 aliphatic heterocycles. The van der Waals surface area contributed by atoms with Crippen LogP contribution in [0, 0.1) is 11.3 Å². The van der Waals surface area contributed by atoms with E-state index in [-0.39, 0.29) is 11.8 Å². The second-order valence-electron chi connectivity index (χ2n) is 6.27. The Labute approximate surface area is 132 Å². The molecular formula is C17H26N2O3. The van der Waals surface area contributed by atoms with Gasteiger partial charge >= 0.3 is 0 Å². The van der Waals surface area contributed by atoms with Crippen molar-refractivity contribution in [2.75, 3.05) is 6.54 Å². The van der Waals surface area contributed by atoms with Gasteiger partial charge in [0.15, 0.2) is 0 Å². The SMILES string of the molecule is CC(=O)N[C@@H](CC(C)C)C(=O)NCCC1(C=O)C=CC=CC1. The number of nitrogens with one attached hydrogen (secondary N) is 2. The highest BCUT2D eigenvalue weighted by Crippen LogP contribution is 2.28. The lowest BCUT2D eigenvalue weighted by Gasteiger charge is -2.25. The smallest absolute Gasteiger partial charge is 0.242 e. The van der Waals surface area contributed by atoms with Crippen LogP contribution in [0.3, 0.4) is 0 Å². The Hall–Kier alpha value is -1.91. The molecule has 0 saturated carbocycles. The number of allylic oxidation sites excluding steroid dienone is 4. The molecule has 1 aliphatic rings.